The Morgan fingerprint density at radius 1 is 1.13 bits per heavy atom. The number of hydrogen-bond acceptors (Lipinski definition) is 6. The van der Waals surface area contributed by atoms with Gasteiger partial charge in [0.2, 0.25) is 0 Å². The smallest absolute Gasteiger partial charge is 0.255 e. The third kappa shape index (κ3) is 6.70. The Labute approximate surface area is 181 Å². The highest BCUT2D eigenvalue weighted by Crippen LogP contribution is 2.18. The summed E-state index contributed by atoms with van der Waals surface area (Å²) in [6.07, 6.45) is 0.877. The molecule has 1 fully saturated rings. The van der Waals surface area contributed by atoms with Crippen LogP contribution in [0, 0.1) is 0 Å². The van der Waals surface area contributed by atoms with E-state index in [9.17, 15) is 14.7 Å². The topological polar surface area (TPSA) is 114 Å². The Kier molecular flexibility index (Phi) is 7.86. The second-order valence-corrected chi connectivity index (χ2v) is 7.65. The normalized spacial score (nSPS) is 19.3. The van der Waals surface area contributed by atoms with E-state index in [0.717, 1.165) is 30.8 Å². The van der Waals surface area contributed by atoms with Crippen molar-refractivity contribution in [3.8, 4) is 11.5 Å². The monoisotopic (exact) mass is 427 g/mol. The first-order chi connectivity index (χ1) is 14.9. The van der Waals surface area contributed by atoms with Gasteiger partial charge in [-0.15, -0.1) is 0 Å². The van der Waals surface area contributed by atoms with E-state index in [4.69, 9.17) is 15.2 Å². The number of likely N-dealkylation sites (tertiary alicyclic amines) is 1. The van der Waals surface area contributed by atoms with Crippen LogP contribution in [0.2, 0.25) is 0 Å². The summed E-state index contributed by atoms with van der Waals surface area (Å²) in [6, 6.07) is 14.0. The molecule has 2 unspecified atom stereocenters. The SMILES string of the molecule is COc1ccc(CN2CCCC(O)C(NC(=O)c3ccc(OCC(N)=O)cc3)C2)cc1. The molecule has 1 aliphatic heterocycles. The molecule has 0 spiro atoms. The highest BCUT2D eigenvalue weighted by atomic mass is 16.5. The number of nitrogens with zero attached hydrogens (tertiary/aromatic N) is 1. The number of primary amides is 1. The van der Waals surface area contributed by atoms with Gasteiger partial charge in [-0.05, 0) is 61.3 Å². The van der Waals surface area contributed by atoms with E-state index in [0.29, 0.717) is 24.3 Å². The van der Waals surface area contributed by atoms with E-state index >= 15 is 0 Å². The van der Waals surface area contributed by atoms with Gasteiger partial charge >= 0.3 is 0 Å². The number of hydrogen-bond donors (Lipinski definition) is 3. The Morgan fingerprint density at radius 3 is 2.45 bits per heavy atom. The Bertz CT molecular complexity index is 870. The number of carbonyl (C=O) groups excluding carboxylic acids is 2. The Morgan fingerprint density at radius 2 is 1.81 bits per heavy atom. The molecule has 1 heterocycles. The van der Waals surface area contributed by atoms with E-state index in [1.54, 1.807) is 31.4 Å². The third-order valence-electron chi connectivity index (χ3n) is 5.27. The zero-order valence-electron chi connectivity index (χ0n) is 17.6. The van der Waals surface area contributed by atoms with Gasteiger partial charge in [0.1, 0.15) is 11.5 Å². The second kappa shape index (κ2) is 10.8. The first kappa shape index (κ1) is 22.6. The number of aliphatic hydroxyl groups is 1. The quantitative estimate of drug-likeness (QED) is 0.585. The molecular weight excluding hydrogens is 398 g/mol. The summed E-state index contributed by atoms with van der Waals surface area (Å²) >= 11 is 0. The standard InChI is InChI=1S/C23H29N3O5/c1-30-18-8-4-16(5-9-18)13-26-12-2-3-21(27)20(14-26)25-23(29)17-6-10-19(11-7-17)31-15-22(24)28/h4-11,20-21,27H,2-3,12-15H2,1H3,(H2,24,28)(H,25,29). The van der Waals surface area contributed by atoms with Gasteiger partial charge in [0.05, 0.1) is 19.3 Å². The van der Waals surface area contributed by atoms with Gasteiger partial charge < -0.3 is 25.6 Å². The summed E-state index contributed by atoms with van der Waals surface area (Å²) in [5.41, 5.74) is 6.66. The van der Waals surface area contributed by atoms with E-state index in [1.807, 2.05) is 24.3 Å². The molecule has 166 valence electrons. The molecule has 8 heteroatoms. The van der Waals surface area contributed by atoms with Crippen LogP contribution >= 0.6 is 0 Å². The molecular formula is C23H29N3O5. The van der Waals surface area contributed by atoms with Crippen LogP contribution in [0.5, 0.6) is 11.5 Å². The predicted octanol–water partition coefficient (Wildman–Crippen LogP) is 1.31. The lowest BCUT2D eigenvalue weighted by Gasteiger charge is -2.27. The summed E-state index contributed by atoms with van der Waals surface area (Å²) in [4.78, 5) is 25.8. The van der Waals surface area contributed by atoms with Crippen molar-refractivity contribution in [2.45, 2.75) is 31.5 Å². The average molecular weight is 428 g/mol. The van der Waals surface area contributed by atoms with Crippen molar-refractivity contribution >= 4 is 11.8 Å². The number of ether oxygens (including phenoxy) is 2. The van der Waals surface area contributed by atoms with Crippen molar-refractivity contribution in [2.24, 2.45) is 5.73 Å². The fraction of sp³-hybridized carbons (Fsp3) is 0.391. The number of benzene rings is 2. The minimum absolute atomic E-state index is 0.218. The van der Waals surface area contributed by atoms with E-state index < -0.39 is 12.0 Å². The number of amides is 2. The highest BCUT2D eigenvalue weighted by molar-refractivity contribution is 5.94. The lowest BCUT2D eigenvalue weighted by Crippen LogP contribution is -2.48. The number of rotatable bonds is 8. The van der Waals surface area contributed by atoms with Crippen LogP contribution in [0.1, 0.15) is 28.8 Å². The maximum absolute atomic E-state index is 12.7. The van der Waals surface area contributed by atoms with Crippen molar-refractivity contribution in [3.05, 3.63) is 59.7 Å². The largest absolute Gasteiger partial charge is 0.497 e. The van der Waals surface area contributed by atoms with Crippen LogP contribution in [-0.4, -0.2) is 60.8 Å². The van der Waals surface area contributed by atoms with Crippen LogP contribution in [0.15, 0.2) is 48.5 Å². The molecule has 31 heavy (non-hydrogen) atoms. The molecule has 1 aliphatic rings. The van der Waals surface area contributed by atoms with Crippen LogP contribution in [0.3, 0.4) is 0 Å². The van der Waals surface area contributed by atoms with Gasteiger partial charge in [0.25, 0.3) is 11.8 Å². The molecule has 0 aromatic heterocycles. The van der Waals surface area contributed by atoms with Crippen LogP contribution in [0.25, 0.3) is 0 Å². The minimum atomic E-state index is -0.608. The molecule has 0 radical (unpaired) electrons. The van der Waals surface area contributed by atoms with Gasteiger partial charge in [0, 0.05) is 18.7 Å². The fourth-order valence-electron chi connectivity index (χ4n) is 3.60. The lowest BCUT2D eigenvalue weighted by molar-refractivity contribution is -0.119. The molecule has 2 amide bonds. The second-order valence-electron chi connectivity index (χ2n) is 7.65. The third-order valence-corrected chi connectivity index (χ3v) is 5.27. The molecule has 0 saturated carbocycles. The molecule has 2 aromatic carbocycles. The van der Waals surface area contributed by atoms with Crippen LogP contribution in [-0.2, 0) is 11.3 Å². The minimum Gasteiger partial charge on any atom is -0.497 e. The fourth-order valence-corrected chi connectivity index (χ4v) is 3.60. The highest BCUT2D eigenvalue weighted by Gasteiger charge is 2.27. The van der Waals surface area contributed by atoms with Gasteiger partial charge in [-0.2, -0.15) is 0 Å². The molecule has 8 nitrogen and oxygen atoms in total. The number of nitrogens with one attached hydrogen (secondary N) is 1. The van der Waals surface area contributed by atoms with Crippen molar-refractivity contribution in [1.82, 2.24) is 10.2 Å². The summed E-state index contributed by atoms with van der Waals surface area (Å²) in [5, 5.41) is 13.5. The van der Waals surface area contributed by atoms with Crippen molar-refractivity contribution in [2.75, 3.05) is 26.8 Å². The molecule has 2 aromatic rings. The number of carbonyl (C=O) groups is 2. The summed E-state index contributed by atoms with van der Waals surface area (Å²) < 4.78 is 10.4. The van der Waals surface area contributed by atoms with Gasteiger partial charge in [-0.3, -0.25) is 14.5 Å². The molecule has 0 bridgehead atoms. The maximum atomic E-state index is 12.7. The van der Waals surface area contributed by atoms with Gasteiger partial charge in [-0.1, -0.05) is 12.1 Å². The maximum Gasteiger partial charge on any atom is 0.255 e. The molecule has 4 N–H and O–H groups in total. The average Bonchev–Trinajstić information content (AvgIpc) is 2.94. The Balaban J connectivity index is 1.60. The summed E-state index contributed by atoms with van der Waals surface area (Å²) in [7, 11) is 1.64. The van der Waals surface area contributed by atoms with E-state index in [2.05, 4.69) is 10.2 Å². The van der Waals surface area contributed by atoms with Crippen molar-refractivity contribution < 1.29 is 24.2 Å². The molecule has 1 saturated heterocycles. The molecule has 0 aliphatic carbocycles. The predicted molar refractivity (Wildman–Crippen MR) is 116 cm³/mol. The van der Waals surface area contributed by atoms with Crippen LogP contribution < -0.4 is 20.5 Å². The first-order valence-corrected chi connectivity index (χ1v) is 10.3. The van der Waals surface area contributed by atoms with Crippen molar-refractivity contribution in [1.29, 1.82) is 0 Å². The molecule has 3 rings (SSSR count). The lowest BCUT2D eigenvalue weighted by atomic mass is 10.1. The zero-order chi connectivity index (χ0) is 22.2. The first-order valence-electron chi connectivity index (χ1n) is 10.3. The Hall–Kier alpha value is -3.10. The van der Waals surface area contributed by atoms with Gasteiger partial charge in [-0.25, -0.2) is 0 Å². The summed E-state index contributed by atoms with van der Waals surface area (Å²) in [6.45, 7) is 1.92. The van der Waals surface area contributed by atoms with E-state index in [-0.39, 0.29) is 18.6 Å². The zero-order valence-corrected chi connectivity index (χ0v) is 17.6. The number of methoxy groups -OCH3 is 1. The number of aliphatic hydroxyl groups excluding tert-OH is 1. The van der Waals surface area contributed by atoms with E-state index in [1.165, 1.54) is 0 Å². The molecule has 2 atom stereocenters. The van der Waals surface area contributed by atoms with Crippen molar-refractivity contribution in [3.63, 3.8) is 0 Å². The van der Waals surface area contributed by atoms with Crippen LogP contribution in [0.4, 0.5) is 0 Å². The number of nitrogens with two attached hydrogens (primary N) is 1. The van der Waals surface area contributed by atoms with Gasteiger partial charge in [0.15, 0.2) is 6.61 Å². The summed E-state index contributed by atoms with van der Waals surface area (Å²) in [5.74, 6) is 0.432.